The fraction of sp³-hybridized carbons (Fsp3) is 0.412. The third-order valence-electron chi connectivity index (χ3n) is 3.38. The van der Waals surface area contributed by atoms with Gasteiger partial charge >= 0.3 is 0 Å². The van der Waals surface area contributed by atoms with Crippen LogP contribution in [0.2, 0.25) is 0 Å². The average Bonchev–Trinajstić information content (AvgIpc) is 2.64. The quantitative estimate of drug-likeness (QED) is 0.564. The number of hydrogen-bond donors (Lipinski definition) is 0. The van der Waals surface area contributed by atoms with E-state index in [2.05, 4.69) is 35.5 Å². The van der Waals surface area contributed by atoms with Gasteiger partial charge in [0.05, 0.1) is 6.04 Å². The van der Waals surface area contributed by atoms with Crippen LogP contribution in [0.4, 0.5) is 0 Å². The van der Waals surface area contributed by atoms with Crippen molar-refractivity contribution >= 4 is 0 Å². The number of benzene rings is 1. The molecular formula is C17H21N. The molecule has 0 aromatic heterocycles. The Kier molecular flexibility index (Phi) is 5.05. The zero-order valence-corrected chi connectivity index (χ0v) is 10.9. The van der Waals surface area contributed by atoms with Crippen molar-refractivity contribution < 1.29 is 0 Å². The van der Waals surface area contributed by atoms with Gasteiger partial charge in [0, 0.05) is 12.1 Å². The Morgan fingerprint density at radius 2 is 2.06 bits per heavy atom. The standard InChI is InChI=1S/C17H21N/c1-2-14-18-15-8-4-7-11-17(18)13-12-16-9-5-3-6-10-16/h2-3,5-6,9-10,17H,1,4,7-8,11,14-15H2. The molecule has 1 aliphatic rings. The van der Waals surface area contributed by atoms with Crippen molar-refractivity contribution in [2.45, 2.75) is 31.7 Å². The van der Waals surface area contributed by atoms with E-state index in [9.17, 15) is 0 Å². The van der Waals surface area contributed by atoms with E-state index in [-0.39, 0.29) is 0 Å². The van der Waals surface area contributed by atoms with Crippen molar-refractivity contribution in [3.05, 3.63) is 48.6 Å². The lowest BCUT2D eigenvalue weighted by Crippen LogP contribution is -2.33. The molecule has 2 rings (SSSR count). The predicted molar refractivity (Wildman–Crippen MR) is 77.3 cm³/mol. The Bertz CT molecular complexity index is 424. The summed E-state index contributed by atoms with van der Waals surface area (Å²) >= 11 is 0. The van der Waals surface area contributed by atoms with Gasteiger partial charge in [-0.3, -0.25) is 4.90 Å². The molecule has 1 aliphatic heterocycles. The SMILES string of the molecule is C=CCN1CCCCCC1C#Cc1ccccc1. The highest BCUT2D eigenvalue weighted by Crippen LogP contribution is 2.16. The summed E-state index contributed by atoms with van der Waals surface area (Å²) in [4.78, 5) is 2.45. The Labute approximate surface area is 111 Å². The van der Waals surface area contributed by atoms with Crippen molar-refractivity contribution in [2.24, 2.45) is 0 Å². The monoisotopic (exact) mass is 239 g/mol. The van der Waals surface area contributed by atoms with E-state index in [1.54, 1.807) is 0 Å². The van der Waals surface area contributed by atoms with E-state index in [1.165, 1.54) is 25.7 Å². The zero-order chi connectivity index (χ0) is 12.6. The number of rotatable bonds is 2. The number of nitrogens with zero attached hydrogens (tertiary/aromatic N) is 1. The molecule has 1 aromatic rings. The number of hydrogen-bond acceptors (Lipinski definition) is 1. The third-order valence-corrected chi connectivity index (χ3v) is 3.38. The van der Waals surface area contributed by atoms with Crippen molar-refractivity contribution in [3.63, 3.8) is 0 Å². The van der Waals surface area contributed by atoms with E-state index < -0.39 is 0 Å². The Morgan fingerprint density at radius 1 is 1.22 bits per heavy atom. The fourth-order valence-corrected chi connectivity index (χ4v) is 2.40. The van der Waals surface area contributed by atoms with Crippen LogP contribution < -0.4 is 0 Å². The van der Waals surface area contributed by atoms with Gasteiger partial charge in [-0.15, -0.1) is 6.58 Å². The van der Waals surface area contributed by atoms with Crippen LogP contribution in [0.3, 0.4) is 0 Å². The first-order valence-electron chi connectivity index (χ1n) is 6.81. The molecule has 0 saturated carbocycles. The van der Waals surface area contributed by atoms with Gasteiger partial charge in [-0.2, -0.15) is 0 Å². The summed E-state index contributed by atoms with van der Waals surface area (Å²) < 4.78 is 0. The molecule has 1 atom stereocenters. The van der Waals surface area contributed by atoms with Gasteiger partial charge in [0.25, 0.3) is 0 Å². The van der Waals surface area contributed by atoms with E-state index >= 15 is 0 Å². The zero-order valence-electron chi connectivity index (χ0n) is 10.9. The van der Waals surface area contributed by atoms with Crippen LogP contribution in [0.1, 0.15) is 31.2 Å². The van der Waals surface area contributed by atoms with E-state index in [4.69, 9.17) is 0 Å². The minimum Gasteiger partial charge on any atom is -0.286 e. The largest absolute Gasteiger partial charge is 0.286 e. The predicted octanol–water partition coefficient (Wildman–Crippen LogP) is 3.47. The second-order valence-corrected chi connectivity index (χ2v) is 4.78. The average molecular weight is 239 g/mol. The Balaban J connectivity index is 2.09. The third kappa shape index (κ3) is 3.75. The highest BCUT2D eigenvalue weighted by Gasteiger charge is 2.17. The van der Waals surface area contributed by atoms with Gasteiger partial charge < -0.3 is 0 Å². The van der Waals surface area contributed by atoms with Crippen LogP contribution in [-0.4, -0.2) is 24.0 Å². The molecule has 1 unspecified atom stereocenters. The van der Waals surface area contributed by atoms with Crippen LogP contribution in [0, 0.1) is 11.8 Å². The van der Waals surface area contributed by atoms with Crippen molar-refractivity contribution in [3.8, 4) is 11.8 Å². The number of likely N-dealkylation sites (tertiary alicyclic amines) is 1. The van der Waals surface area contributed by atoms with Crippen LogP contribution in [0.15, 0.2) is 43.0 Å². The molecule has 0 N–H and O–H groups in total. The molecule has 0 aliphatic carbocycles. The van der Waals surface area contributed by atoms with E-state index in [0.29, 0.717) is 6.04 Å². The summed E-state index contributed by atoms with van der Waals surface area (Å²) in [6.07, 6.45) is 7.09. The molecule has 94 valence electrons. The summed E-state index contributed by atoms with van der Waals surface area (Å²) in [7, 11) is 0. The first-order valence-corrected chi connectivity index (χ1v) is 6.81. The topological polar surface area (TPSA) is 3.24 Å². The van der Waals surface area contributed by atoms with Crippen molar-refractivity contribution in [2.75, 3.05) is 13.1 Å². The molecule has 18 heavy (non-hydrogen) atoms. The van der Waals surface area contributed by atoms with Gasteiger partial charge in [-0.1, -0.05) is 49.0 Å². The lowest BCUT2D eigenvalue weighted by Gasteiger charge is -2.24. The summed E-state index contributed by atoms with van der Waals surface area (Å²) in [5.74, 6) is 6.75. The van der Waals surface area contributed by atoms with Gasteiger partial charge in [-0.25, -0.2) is 0 Å². The molecule has 1 saturated heterocycles. The second kappa shape index (κ2) is 7.03. The minimum absolute atomic E-state index is 0.394. The Morgan fingerprint density at radius 3 is 2.83 bits per heavy atom. The summed E-state index contributed by atoms with van der Waals surface area (Å²) in [6.45, 7) is 5.95. The highest BCUT2D eigenvalue weighted by molar-refractivity contribution is 5.34. The first-order chi connectivity index (χ1) is 8.90. The van der Waals surface area contributed by atoms with Crippen LogP contribution in [0.5, 0.6) is 0 Å². The van der Waals surface area contributed by atoms with Crippen LogP contribution >= 0.6 is 0 Å². The first kappa shape index (κ1) is 12.9. The summed E-state index contributed by atoms with van der Waals surface area (Å²) in [6, 6.07) is 10.6. The molecule has 0 radical (unpaired) electrons. The molecule has 1 aromatic carbocycles. The highest BCUT2D eigenvalue weighted by atomic mass is 15.1. The summed E-state index contributed by atoms with van der Waals surface area (Å²) in [5.41, 5.74) is 1.11. The molecule has 0 amide bonds. The van der Waals surface area contributed by atoms with E-state index in [0.717, 1.165) is 18.7 Å². The van der Waals surface area contributed by atoms with Gasteiger partial charge in [0.1, 0.15) is 0 Å². The van der Waals surface area contributed by atoms with E-state index in [1.807, 2.05) is 24.3 Å². The minimum atomic E-state index is 0.394. The van der Waals surface area contributed by atoms with Gasteiger partial charge in [-0.05, 0) is 31.5 Å². The molecule has 1 heteroatoms. The van der Waals surface area contributed by atoms with Crippen molar-refractivity contribution in [1.82, 2.24) is 4.90 Å². The molecule has 0 spiro atoms. The molecular weight excluding hydrogens is 218 g/mol. The lowest BCUT2D eigenvalue weighted by molar-refractivity contribution is 0.267. The van der Waals surface area contributed by atoms with Crippen LogP contribution in [0.25, 0.3) is 0 Å². The maximum absolute atomic E-state index is 3.85. The molecule has 1 fully saturated rings. The Hall–Kier alpha value is -1.52. The van der Waals surface area contributed by atoms with Gasteiger partial charge in [0.2, 0.25) is 0 Å². The maximum atomic E-state index is 3.85. The lowest BCUT2D eigenvalue weighted by atomic mass is 10.1. The molecule has 1 nitrogen and oxygen atoms in total. The smallest absolute Gasteiger partial charge is 0.0721 e. The normalized spacial score (nSPS) is 20.6. The summed E-state index contributed by atoms with van der Waals surface area (Å²) in [5, 5.41) is 0. The second-order valence-electron chi connectivity index (χ2n) is 4.78. The van der Waals surface area contributed by atoms with Crippen molar-refractivity contribution in [1.29, 1.82) is 0 Å². The maximum Gasteiger partial charge on any atom is 0.0721 e. The molecule has 1 heterocycles. The molecule has 0 bridgehead atoms. The fourth-order valence-electron chi connectivity index (χ4n) is 2.40. The van der Waals surface area contributed by atoms with Crippen LogP contribution in [-0.2, 0) is 0 Å². The van der Waals surface area contributed by atoms with Gasteiger partial charge in [0.15, 0.2) is 0 Å².